The number of hydrogen-bond acceptors (Lipinski definition) is 9. The number of amides is 3. The number of carboxylic acids is 2. The van der Waals surface area contributed by atoms with Gasteiger partial charge in [-0.15, -0.1) is 0 Å². The summed E-state index contributed by atoms with van der Waals surface area (Å²) in [7, 11) is 0. The van der Waals surface area contributed by atoms with E-state index in [1.807, 2.05) is 0 Å². The monoisotopic (exact) mass is 854 g/mol. The van der Waals surface area contributed by atoms with Gasteiger partial charge >= 0.3 is 11.9 Å². The fraction of sp³-hybridized carbons (Fsp3) is 0.806. The molecule has 3 amide bonds. The van der Waals surface area contributed by atoms with E-state index >= 15 is 0 Å². The number of carboxylic acid groups (broad SMARTS) is 2. The molecule has 0 saturated heterocycles. The van der Waals surface area contributed by atoms with Crippen molar-refractivity contribution in [1.82, 2.24) is 20.7 Å². The fourth-order valence-corrected chi connectivity index (χ4v) is 6.82. The number of carbonyl (C=O) groups excluding carboxylic acids is 5. The van der Waals surface area contributed by atoms with Gasteiger partial charge in [-0.25, -0.2) is 9.52 Å². The summed E-state index contributed by atoms with van der Waals surface area (Å²) in [6.07, 6.45) is 20.0. The minimum Gasteiger partial charge on any atom is -0.481 e. The minimum atomic E-state index is -1.18. The molecular formula is C36H63IN4O9S. The number of hydrogen-bond donors (Lipinski definition) is 6. The topological polar surface area (TPSA) is 208 Å². The highest BCUT2D eigenvalue weighted by Gasteiger charge is 2.22. The Bertz CT molecular complexity index is 1050. The highest BCUT2D eigenvalue weighted by Crippen LogP contribution is 2.15. The van der Waals surface area contributed by atoms with E-state index < -0.39 is 30.1 Å². The Kier molecular flexibility index (Phi) is 30.9. The SMILES string of the molecule is CC(=O)N[C@@H](C)C(=O)SN[C@@H](CCCCNC(=O)CC[C@H](NC(=O)CCCCCCCCCCCCCCCCCCC(=O)O)C(=O)O)C(=O)I. The Balaban J connectivity index is 3.90. The zero-order valence-corrected chi connectivity index (χ0v) is 33.7. The molecule has 0 aliphatic heterocycles. The molecule has 0 heterocycles. The van der Waals surface area contributed by atoms with E-state index in [2.05, 4.69) is 20.7 Å². The van der Waals surface area contributed by atoms with E-state index in [9.17, 15) is 38.7 Å². The molecule has 3 atom stereocenters. The van der Waals surface area contributed by atoms with Crippen LogP contribution in [0.15, 0.2) is 0 Å². The highest BCUT2D eigenvalue weighted by molar-refractivity contribution is 14.1. The third kappa shape index (κ3) is 31.0. The van der Waals surface area contributed by atoms with Crippen molar-refractivity contribution in [3.63, 3.8) is 0 Å². The van der Waals surface area contributed by atoms with Crippen molar-refractivity contribution in [2.75, 3.05) is 6.54 Å². The van der Waals surface area contributed by atoms with Crippen molar-refractivity contribution >= 4 is 73.1 Å². The van der Waals surface area contributed by atoms with Gasteiger partial charge in [0.2, 0.25) is 26.6 Å². The van der Waals surface area contributed by atoms with Crippen LogP contribution in [0.3, 0.4) is 0 Å². The average Bonchev–Trinajstić information content (AvgIpc) is 3.06. The summed E-state index contributed by atoms with van der Waals surface area (Å²) in [6, 6.07) is -2.39. The van der Waals surface area contributed by atoms with Crippen molar-refractivity contribution in [1.29, 1.82) is 0 Å². The van der Waals surface area contributed by atoms with E-state index in [1.54, 1.807) is 29.5 Å². The van der Waals surface area contributed by atoms with Crippen molar-refractivity contribution in [2.24, 2.45) is 0 Å². The third-order valence-electron chi connectivity index (χ3n) is 8.43. The highest BCUT2D eigenvalue weighted by atomic mass is 127. The summed E-state index contributed by atoms with van der Waals surface area (Å²) in [5.74, 6) is -2.84. The predicted molar refractivity (Wildman–Crippen MR) is 208 cm³/mol. The molecular weight excluding hydrogens is 791 g/mol. The van der Waals surface area contributed by atoms with E-state index in [0.717, 1.165) is 50.5 Å². The minimum absolute atomic E-state index is 0.0133. The Hall–Kier alpha value is -2.27. The van der Waals surface area contributed by atoms with Gasteiger partial charge in [0, 0.05) is 55.3 Å². The van der Waals surface area contributed by atoms with Crippen LogP contribution in [0, 0.1) is 0 Å². The first-order valence-electron chi connectivity index (χ1n) is 18.8. The molecule has 0 aliphatic carbocycles. The quantitative estimate of drug-likeness (QED) is 0.0182. The van der Waals surface area contributed by atoms with Gasteiger partial charge < -0.3 is 26.2 Å². The molecule has 0 saturated carbocycles. The maximum atomic E-state index is 12.3. The van der Waals surface area contributed by atoms with Gasteiger partial charge in [-0.3, -0.25) is 28.8 Å². The van der Waals surface area contributed by atoms with E-state index in [0.29, 0.717) is 32.2 Å². The van der Waals surface area contributed by atoms with Crippen LogP contribution in [0.25, 0.3) is 0 Å². The lowest BCUT2D eigenvalue weighted by Crippen LogP contribution is -2.41. The molecule has 0 fully saturated rings. The number of aliphatic carboxylic acids is 2. The summed E-state index contributed by atoms with van der Waals surface area (Å²) in [4.78, 5) is 81.9. The maximum absolute atomic E-state index is 12.3. The Morgan fingerprint density at radius 1 is 0.588 bits per heavy atom. The largest absolute Gasteiger partial charge is 0.481 e. The molecule has 0 aromatic carbocycles. The van der Waals surface area contributed by atoms with Crippen molar-refractivity contribution in [3.8, 4) is 0 Å². The summed E-state index contributed by atoms with van der Waals surface area (Å²) >= 11 is 2.44. The zero-order chi connectivity index (χ0) is 38.3. The van der Waals surface area contributed by atoms with Crippen LogP contribution < -0.4 is 20.7 Å². The van der Waals surface area contributed by atoms with Crippen LogP contribution in [0.2, 0.25) is 0 Å². The lowest BCUT2D eigenvalue weighted by atomic mass is 10.0. The van der Waals surface area contributed by atoms with Gasteiger partial charge in [-0.2, -0.15) is 0 Å². The first-order chi connectivity index (χ1) is 24.3. The predicted octanol–water partition coefficient (Wildman–Crippen LogP) is 6.35. The Labute approximate surface area is 322 Å². The molecule has 0 radical (unpaired) electrons. The first kappa shape index (κ1) is 48.7. The van der Waals surface area contributed by atoms with Crippen LogP contribution in [0.4, 0.5) is 0 Å². The molecule has 6 N–H and O–H groups in total. The second-order valence-electron chi connectivity index (χ2n) is 13.2. The van der Waals surface area contributed by atoms with Crippen molar-refractivity contribution in [3.05, 3.63) is 0 Å². The molecule has 0 aromatic heterocycles. The molecule has 0 bridgehead atoms. The van der Waals surface area contributed by atoms with Crippen LogP contribution in [-0.2, 0) is 33.6 Å². The Morgan fingerprint density at radius 2 is 1.08 bits per heavy atom. The summed E-state index contributed by atoms with van der Waals surface area (Å²) in [5.41, 5.74) is 0. The average molecular weight is 855 g/mol. The third-order valence-corrected chi connectivity index (χ3v) is 10.1. The number of nitrogens with one attached hydrogen (secondary N) is 4. The standard InChI is InChI=1S/C36H63IN4O9S/c1-27(39-28(2)42)36(50)51-41-29(34(37)47)21-19-20-26-38-31(43)25-24-30(35(48)49)40-32(44)22-17-15-13-11-9-7-5-3-4-6-8-10-12-14-16-18-23-33(45)46/h27,29-30,41H,3-26H2,1-2H3,(H,38,43)(H,39,42)(H,40,44)(H,45,46)(H,48,49)/t27-,29-,30-/m0/s1. The van der Waals surface area contributed by atoms with Crippen LogP contribution >= 0.6 is 34.5 Å². The van der Waals surface area contributed by atoms with E-state index in [4.69, 9.17) is 5.11 Å². The molecule has 0 spiro atoms. The molecule has 51 heavy (non-hydrogen) atoms. The van der Waals surface area contributed by atoms with E-state index in [1.165, 1.54) is 64.7 Å². The molecule has 0 aromatic rings. The molecule has 0 aliphatic rings. The van der Waals surface area contributed by atoms with Gasteiger partial charge in [-0.1, -0.05) is 89.9 Å². The second kappa shape index (κ2) is 32.4. The summed E-state index contributed by atoms with van der Waals surface area (Å²) < 4.78 is 2.69. The number of unbranched alkanes of at least 4 members (excludes halogenated alkanes) is 16. The normalized spacial score (nSPS) is 12.8. The zero-order valence-electron chi connectivity index (χ0n) is 30.7. The fourth-order valence-electron chi connectivity index (χ4n) is 5.43. The Morgan fingerprint density at radius 3 is 1.53 bits per heavy atom. The van der Waals surface area contributed by atoms with Crippen molar-refractivity contribution < 1.29 is 43.8 Å². The van der Waals surface area contributed by atoms with Gasteiger partial charge in [0.05, 0.1) is 12.1 Å². The molecule has 294 valence electrons. The molecule has 0 rings (SSSR count). The number of rotatable bonds is 34. The second-order valence-corrected chi connectivity index (χ2v) is 15.1. The van der Waals surface area contributed by atoms with Gasteiger partial charge in [-0.05, 0) is 57.4 Å². The maximum Gasteiger partial charge on any atom is 0.326 e. The van der Waals surface area contributed by atoms with Gasteiger partial charge in [0.25, 0.3) is 0 Å². The number of carbonyl (C=O) groups is 7. The van der Waals surface area contributed by atoms with Crippen LogP contribution in [-0.4, -0.2) is 73.4 Å². The lowest BCUT2D eigenvalue weighted by molar-refractivity contribution is -0.142. The first-order valence-corrected chi connectivity index (χ1v) is 20.7. The van der Waals surface area contributed by atoms with Gasteiger partial charge in [0.15, 0.2) is 0 Å². The van der Waals surface area contributed by atoms with E-state index in [-0.39, 0.29) is 52.3 Å². The molecule has 0 unspecified atom stereocenters. The molecule has 15 heteroatoms. The van der Waals surface area contributed by atoms with Crippen LogP contribution in [0.5, 0.6) is 0 Å². The van der Waals surface area contributed by atoms with Gasteiger partial charge in [0.1, 0.15) is 6.04 Å². The summed E-state index contributed by atoms with van der Waals surface area (Å²) in [6.45, 7) is 3.22. The summed E-state index contributed by atoms with van der Waals surface area (Å²) in [5, 5.41) is 25.6. The van der Waals surface area contributed by atoms with Crippen LogP contribution in [0.1, 0.15) is 162 Å². The van der Waals surface area contributed by atoms with Crippen molar-refractivity contribution in [2.45, 2.75) is 180 Å². The number of halogens is 1. The lowest BCUT2D eigenvalue weighted by Gasteiger charge is -2.16. The molecule has 13 nitrogen and oxygen atoms in total. The smallest absolute Gasteiger partial charge is 0.326 e.